The Bertz CT molecular complexity index is 1040. The molecule has 3 rings (SSSR count). The van der Waals surface area contributed by atoms with E-state index >= 15 is 0 Å². The monoisotopic (exact) mass is 407 g/mol. The fourth-order valence-corrected chi connectivity index (χ4v) is 2.60. The fraction of sp³-hybridized carbons (Fsp3) is 0.222. The Kier molecular flexibility index (Phi) is 5.50. The lowest BCUT2D eigenvalue weighted by molar-refractivity contribution is -0.147. The summed E-state index contributed by atoms with van der Waals surface area (Å²) in [6.07, 6.45) is -2.09. The van der Waals surface area contributed by atoms with E-state index in [-0.39, 0.29) is 12.5 Å². The minimum atomic E-state index is -4.58. The Labute approximate surface area is 162 Å². The van der Waals surface area contributed by atoms with Crippen LogP contribution in [-0.4, -0.2) is 42.0 Å². The second kappa shape index (κ2) is 7.87. The number of nitrogens with one attached hydrogen (secondary N) is 1. The third-order valence-corrected chi connectivity index (χ3v) is 3.89. The molecule has 0 bridgehead atoms. The Morgan fingerprint density at radius 2 is 2.03 bits per heavy atom. The fourth-order valence-electron chi connectivity index (χ4n) is 2.60. The van der Waals surface area contributed by atoms with Gasteiger partial charge >= 0.3 is 12.1 Å². The topological polar surface area (TPSA) is 113 Å². The summed E-state index contributed by atoms with van der Waals surface area (Å²) in [4.78, 5) is 18.0. The third-order valence-electron chi connectivity index (χ3n) is 3.89. The Morgan fingerprint density at radius 1 is 1.28 bits per heavy atom. The van der Waals surface area contributed by atoms with Gasteiger partial charge in [-0.25, -0.2) is 14.8 Å². The normalized spacial score (nSPS) is 12.6. The molecule has 0 aliphatic heterocycles. The molecule has 2 aromatic heterocycles. The lowest BCUT2D eigenvalue weighted by atomic mass is 10.1. The van der Waals surface area contributed by atoms with Gasteiger partial charge in [0.05, 0.1) is 12.7 Å². The predicted octanol–water partition coefficient (Wildman–Crippen LogP) is 2.86. The zero-order chi connectivity index (χ0) is 21.2. The number of hydrogen-bond acceptors (Lipinski definition) is 6. The highest BCUT2D eigenvalue weighted by molar-refractivity contribution is 5.72. The number of carboxylic acids is 1. The lowest BCUT2D eigenvalue weighted by Crippen LogP contribution is -2.25. The zero-order valence-electron chi connectivity index (χ0n) is 15.1. The van der Waals surface area contributed by atoms with Crippen LogP contribution < -0.4 is 5.32 Å². The molecule has 152 valence electrons. The van der Waals surface area contributed by atoms with Crippen LogP contribution in [0.4, 0.5) is 24.8 Å². The molecule has 3 N–H and O–H groups in total. The Hall–Kier alpha value is -3.47. The molecule has 3 aromatic rings. The third kappa shape index (κ3) is 5.08. The number of anilines is 2. The van der Waals surface area contributed by atoms with E-state index in [1.54, 1.807) is 25.3 Å². The Morgan fingerprint density at radius 3 is 2.72 bits per heavy atom. The summed E-state index contributed by atoms with van der Waals surface area (Å²) in [5.41, 5.74) is 1.56. The van der Waals surface area contributed by atoms with Crippen LogP contribution in [0.1, 0.15) is 11.3 Å². The number of aliphatic carboxylic acids is 1. The van der Waals surface area contributed by atoms with Crippen LogP contribution in [0.5, 0.6) is 0 Å². The molecule has 0 aliphatic rings. The van der Waals surface area contributed by atoms with Crippen molar-refractivity contribution in [3.05, 3.63) is 54.1 Å². The van der Waals surface area contributed by atoms with E-state index in [4.69, 9.17) is 5.11 Å². The highest BCUT2D eigenvalue weighted by Gasteiger charge is 2.32. The van der Waals surface area contributed by atoms with Gasteiger partial charge in [0.15, 0.2) is 6.10 Å². The molecule has 1 aromatic carbocycles. The summed E-state index contributed by atoms with van der Waals surface area (Å²) < 4.78 is 39.7. The van der Waals surface area contributed by atoms with Gasteiger partial charge in [-0.1, -0.05) is 6.07 Å². The molecule has 0 fully saturated rings. The molecule has 0 saturated carbocycles. The van der Waals surface area contributed by atoms with Gasteiger partial charge in [0.1, 0.15) is 5.69 Å². The maximum absolute atomic E-state index is 12.8. The van der Waals surface area contributed by atoms with Gasteiger partial charge < -0.3 is 15.5 Å². The smallest absolute Gasteiger partial charge is 0.433 e. The molecule has 29 heavy (non-hydrogen) atoms. The van der Waals surface area contributed by atoms with E-state index in [2.05, 4.69) is 20.4 Å². The number of aliphatic hydroxyl groups is 1. The van der Waals surface area contributed by atoms with E-state index in [0.717, 1.165) is 17.8 Å². The van der Waals surface area contributed by atoms with E-state index in [1.807, 2.05) is 6.07 Å². The van der Waals surface area contributed by atoms with Gasteiger partial charge in [-0.2, -0.15) is 18.3 Å². The average molecular weight is 407 g/mol. The number of aliphatic hydroxyl groups excluding tert-OH is 1. The van der Waals surface area contributed by atoms with Crippen molar-refractivity contribution in [1.29, 1.82) is 0 Å². The summed E-state index contributed by atoms with van der Waals surface area (Å²) in [6, 6.07) is 6.00. The second-order valence-electron chi connectivity index (χ2n) is 6.28. The van der Waals surface area contributed by atoms with Gasteiger partial charge in [-0.15, -0.1) is 0 Å². The van der Waals surface area contributed by atoms with E-state index in [9.17, 15) is 23.1 Å². The summed E-state index contributed by atoms with van der Waals surface area (Å²) in [5, 5.41) is 25.0. The SMILES string of the molecule is Cc1cc(Nc2nccc(C(F)(F)F)n2)cc(-c2cnn(CC(O)C(=O)O)c2)c1. The largest absolute Gasteiger partial charge is 0.479 e. The van der Waals surface area contributed by atoms with Gasteiger partial charge in [0, 0.05) is 23.6 Å². The molecule has 1 atom stereocenters. The predicted molar refractivity (Wildman–Crippen MR) is 96.4 cm³/mol. The van der Waals surface area contributed by atoms with Gasteiger partial charge in [0.2, 0.25) is 5.95 Å². The van der Waals surface area contributed by atoms with Crippen LogP contribution in [0, 0.1) is 6.92 Å². The summed E-state index contributed by atoms with van der Waals surface area (Å²) in [7, 11) is 0. The van der Waals surface area contributed by atoms with Crippen molar-refractivity contribution < 1.29 is 28.2 Å². The summed E-state index contributed by atoms with van der Waals surface area (Å²) in [5.74, 6) is -1.55. The first-order valence-corrected chi connectivity index (χ1v) is 8.34. The number of halogens is 3. The number of nitrogens with zero attached hydrogens (tertiary/aromatic N) is 4. The number of carboxylic acid groups (broad SMARTS) is 1. The molecule has 0 radical (unpaired) electrons. The second-order valence-corrected chi connectivity index (χ2v) is 6.28. The first kappa shape index (κ1) is 20.3. The van der Waals surface area contributed by atoms with Crippen molar-refractivity contribution in [1.82, 2.24) is 19.7 Å². The molecule has 1 unspecified atom stereocenters. The van der Waals surface area contributed by atoms with Gasteiger partial charge in [-0.3, -0.25) is 4.68 Å². The van der Waals surface area contributed by atoms with Crippen LogP contribution in [0.2, 0.25) is 0 Å². The van der Waals surface area contributed by atoms with Gasteiger partial charge in [0.25, 0.3) is 0 Å². The van der Waals surface area contributed by atoms with Crippen molar-refractivity contribution in [2.45, 2.75) is 25.7 Å². The first-order valence-electron chi connectivity index (χ1n) is 8.34. The number of hydrogen-bond donors (Lipinski definition) is 3. The average Bonchev–Trinajstić information content (AvgIpc) is 3.09. The first-order chi connectivity index (χ1) is 13.6. The maximum Gasteiger partial charge on any atom is 0.433 e. The van der Waals surface area contributed by atoms with Crippen LogP contribution in [0.15, 0.2) is 42.9 Å². The minimum Gasteiger partial charge on any atom is -0.479 e. The highest BCUT2D eigenvalue weighted by Crippen LogP contribution is 2.29. The van der Waals surface area contributed by atoms with Crippen molar-refractivity contribution in [3.63, 3.8) is 0 Å². The molecule has 0 spiro atoms. The molecular weight excluding hydrogens is 391 g/mol. The van der Waals surface area contributed by atoms with Crippen LogP contribution >= 0.6 is 0 Å². The van der Waals surface area contributed by atoms with Crippen molar-refractivity contribution in [2.75, 3.05) is 5.32 Å². The van der Waals surface area contributed by atoms with Crippen LogP contribution in [-0.2, 0) is 17.5 Å². The number of alkyl halides is 3. The van der Waals surface area contributed by atoms with Crippen molar-refractivity contribution in [2.24, 2.45) is 0 Å². The summed E-state index contributed by atoms with van der Waals surface area (Å²) in [6.45, 7) is 1.59. The quantitative estimate of drug-likeness (QED) is 0.576. The van der Waals surface area contributed by atoms with Gasteiger partial charge in [-0.05, 0) is 36.2 Å². The number of carbonyl (C=O) groups is 1. The van der Waals surface area contributed by atoms with E-state index < -0.39 is 23.9 Å². The molecule has 0 saturated heterocycles. The summed E-state index contributed by atoms with van der Waals surface area (Å²) >= 11 is 0. The Balaban J connectivity index is 1.84. The van der Waals surface area contributed by atoms with E-state index in [0.29, 0.717) is 16.8 Å². The van der Waals surface area contributed by atoms with Crippen molar-refractivity contribution in [3.8, 4) is 11.1 Å². The lowest BCUT2D eigenvalue weighted by Gasteiger charge is -2.10. The van der Waals surface area contributed by atoms with Crippen LogP contribution in [0.25, 0.3) is 11.1 Å². The standard InChI is InChI=1S/C18H16F3N5O3/c1-10-4-11(12-7-23-26(8-12)9-14(27)16(28)29)6-13(5-10)24-17-22-3-2-15(25-17)18(19,20)21/h2-8,14,27H,9H2,1H3,(H,28,29)(H,22,24,25). The molecule has 0 amide bonds. The number of rotatable bonds is 6. The highest BCUT2D eigenvalue weighted by atomic mass is 19.4. The van der Waals surface area contributed by atoms with Crippen molar-refractivity contribution >= 4 is 17.6 Å². The maximum atomic E-state index is 12.8. The zero-order valence-corrected chi connectivity index (χ0v) is 15.1. The molecule has 8 nitrogen and oxygen atoms in total. The number of aryl methyl sites for hydroxylation is 1. The molecule has 0 aliphatic carbocycles. The molecule has 2 heterocycles. The van der Waals surface area contributed by atoms with E-state index in [1.165, 1.54) is 10.9 Å². The minimum absolute atomic E-state index is 0.198. The molecular formula is C18H16F3N5O3. The molecule has 11 heteroatoms. The number of aromatic nitrogens is 4. The van der Waals surface area contributed by atoms with Crippen LogP contribution in [0.3, 0.4) is 0 Å². The number of benzene rings is 1.